The first-order valence-corrected chi connectivity index (χ1v) is 9.48. The van der Waals surface area contributed by atoms with Gasteiger partial charge in [-0.25, -0.2) is 0 Å². The van der Waals surface area contributed by atoms with Crippen molar-refractivity contribution >= 4 is 21.9 Å². The molecule has 27 heavy (non-hydrogen) atoms. The number of nitrogens with zero attached hydrogens (tertiary/aromatic N) is 1. The molecule has 4 nitrogen and oxygen atoms in total. The molecule has 0 saturated heterocycles. The standard InChI is InChI=1S/C22H24BrNO3/c1-24(2)13-7-6-8-18-14-17(15-22(25)26-3)11-12-21(18)27-16-19-9-4-5-10-20(19)23/h4-5,9-12,14H,7,13,15-16H2,1-3H3. The van der Waals surface area contributed by atoms with Gasteiger partial charge in [-0.1, -0.05) is 52.0 Å². The summed E-state index contributed by atoms with van der Waals surface area (Å²) in [5, 5.41) is 0. The lowest BCUT2D eigenvalue weighted by Gasteiger charge is -2.11. The molecule has 0 aromatic heterocycles. The third kappa shape index (κ3) is 7.09. The number of rotatable bonds is 7. The molecule has 0 atom stereocenters. The van der Waals surface area contributed by atoms with Crippen molar-refractivity contribution in [3.8, 4) is 17.6 Å². The van der Waals surface area contributed by atoms with Gasteiger partial charge in [-0.2, -0.15) is 0 Å². The predicted molar refractivity (Wildman–Crippen MR) is 111 cm³/mol. The topological polar surface area (TPSA) is 38.8 Å². The van der Waals surface area contributed by atoms with E-state index in [0.29, 0.717) is 12.4 Å². The molecule has 0 fully saturated rings. The van der Waals surface area contributed by atoms with Crippen LogP contribution >= 0.6 is 15.9 Å². The Balaban J connectivity index is 2.20. The minimum Gasteiger partial charge on any atom is -0.488 e. The highest BCUT2D eigenvalue weighted by atomic mass is 79.9. The van der Waals surface area contributed by atoms with Crippen molar-refractivity contribution in [1.82, 2.24) is 4.90 Å². The molecule has 0 saturated carbocycles. The van der Waals surface area contributed by atoms with Crippen molar-refractivity contribution in [3.05, 3.63) is 63.6 Å². The highest BCUT2D eigenvalue weighted by molar-refractivity contribution is 9.10. The number of methoxy groups -OCH3 is 1. The van der Waals surface area contributed by atoms with Crippen LogP contribution in [0.25, 0.3) is 0 Å². The summed E-state index contributed by atoms with van der Waals surface area (Å²) in [6.07, 6.45) is 0.977. The van der Waals surface area contributed by atoms with Crippen LogP contribution in [0.1, 0.15) is 23.1 Å². The molecule has 0 N–H and O–H groups in total. The first kappa shape index (κ1) is 21.0. The molecule has 0 aliphatic rings. The van der Waals surface area contributed by atoms with Crippen LogP contribution in [0.3, 0.4) is 0 Å². The molecule has 0 aliphatic carbocycles. The van der Waals surface area contributed by atoms with E-state index in [0.717, 1.165) is 34.1 Å². The maximum atomic E-state index is 11.6. The van der Waals surface area contributed by atoms with E-state index in [1.54, 1.807) is 0 Å². The average molecular weight is 430 g/mol. The van der Waals surface area contributed by atoms with Gasteiger partial charge in [-0.05, 0) is 37.9 Å². The third-order valence-electron chi connectivity index (χ3n) is 3.87. The summed E-state index contributed by atoms with van der Waals surface area (Å²) >= 11 is 3.54. The maximum Gasteiger partial charge on any atom is 0.309 e. The minimum atomic E-state index is -0.275. The Hall–Kier alpha value is -2.29. The number of ether oxygens (including phenoxy) is 2. The quantitative estimate of drug-likeness (QED) is 0.491. The zero-order valence-electron chi connectivity index (χ0n) is 15.9. The van der Waals surface area contributed by atoms with Crippen LogP contribution in [0.4, 0.5) is 0 Å². The Morgan fingerprint density at radius 3 is 2.67 bits per heavy atom. The number of hydrogen-bond acceptors (Lipinski definition) is 4. The summed E-state index contributed by atoms with van der Waals surface area (Å²) in [6, 6.07) is 13.6. The van der Waals surface area contributed by atoms with Crippen molar-refractivity contribution in [2.75, 3.05) is 27.7 Å². The van der Waals surface area contributed by atoms with Crippen molar-refractivity contribution < 1.29 is 14.3 Å². The minimum absolute atomic E-state index is 0.216. The molecule has 0 aliphatic heterocycles. The van der Waals surface area contributed by atoms with Gasteiger partial charge in [0.1, 0.15) is 12.4 Å². The molecular formula is C22H24BrNO3. The van der Waals surface area contributed by atoms with Gasteiger partial charge in [0.2, 0.25) is 0 Å². The second kappa shape index (κ2) is 10.8. The molecule has 0 radical (unpaired) electrons. The SMILES string of the molecule is COC(=O)Cc1ccc(OCc2ccccc2Br)c(C#CCCN(C)C)c1. The number of esters is 1. The fourth-order valence-corrected chi connectivity index (χ4v) is 2.76. The van der Waals surface area contributed by atoms with Crippen molar-refractivity contribution in [2.24, 2.45) is 0 Å². The molecule has 2 aromatic carbocycles. The van der Waals surface area contributed by atoms with E-state index in [4.69, 9.17) is 9.47 Å². The van der Waals surface area contributed by atoms with E-state index in [1.807, 2.05) is 56.6 Å². The van der Waals surface area contributed by atoms with Crippen molar-refractivity contribution in [1.29, 1.82) is 0 Å². The number of hydrogen-bond donors (Lipinski definition) is 0. The van der Waals surface area contributed by atoms with E-state index in [-0.39, 0.29) is 12.4 Å². The molecule has 0 spiro atoms. The number of benzene rings is 2. The Morgan fingerprint density at radius 2 is 1.96 bits per heavy atom. The van der Waals surface area contributed by atoms with Gasteiger partial charge in [-0.15, -0.1) is 0 Å². The number of carbonyl (C=O) groups excluding carboxylic acids is 1. The van der Waals surface area contributed by atoms with Gasteiger partial charge in [-0.3, -0.25) is 4.79 Å². The van der Waals surface area contributed by atoms with Gasteiger partial charge in [0.15, 0.2) is 0 Å². The summed E-state index contributed by atoms with van der Waals surface area (Å²) in [4.78, 5) is 13.7. The van der Waals surface area contributed by atoms with Gasteiger partial charge in [0.05, 0.1) is 19.1 Å². The van der Waals surface area contributed by atoms with E-state index in [1.165, 1.54) is 7.11 Å². The molecule has 0 amide bonds. The Morgan fingerprint density at radius 1 is 1.19 bits per heavy atom. The Kier molecular flexibility index (Phi) is 8.38. The molecule has 2 rings (SSSR count). The lowest BCUT2D eigenvalue weighted by atomic mass is 10.1. The van der Waals surface area contributed by atoms with Crippen molar-refractivity contribution in [2.45, 2.75) is 19.4 Å². The van der Waals surface area contributed by atoms with Gasteiger partial charge in [0.25, 0.3) is 0 Å². The Bertz CT molecular complexity index is 837. The summed E-state index contributed by atoms with van der Waals surface area (Å²) in [7, 11) is 5.43. The molecule has 0 unspecified atom stereocenters. The van der Waals surface area contributed by atoms with Crippen LogP contribution in [-0.2, 0) is 22.6 Å². The Labute approximate surface area is 169 Å². The largest absolute Gasteiger partial charge is 0.488 e. The zero-order valence-corrected chi connectivity index (χ0v) is 17.5. The lowest BCUT2D eigenvalue weighted by molar-refractivity contribution is -0.139. The smallest absolute Gasteiger partial charge is 0.309 e. The van der Waals surface area contributed by atoms with Crippen LogP contribution in [0.2, 0.25) is 0 Å². The third-order valence-corrected chi connectivity index (χ3v) is 4.64. The fraction of sp³-hybridized carbons (Fsp3) is 0.318. The van der Waals surface area contributed by atoms with E-state index < -0.39 is 0 Å². The summed E-state index contributed by atoms with van der Waals surface area (Å²) in [5.41, 5.74) is 2.69. The molecular weight excluding hydrogens is 406 g/mol. The zero-order chi connectivity index (χ0) is 19.6. The van der Waals surface area contributed by atoms with Gasteiger partial charge < -0.3 is 14.4 Å². The summed E-state index contributed by atoms with van der Waals surface area (Å²) < 4.78 is 11.8. The maximum absolute atomic E-state index is 11.6. The average Bonchev–Trinajstić information content (AvgIpc) is 2.65. The molecule has 5 heteroatoms. The summed E-state index contributed by atoms with van der Waals surface area (Å²) in [6.45, 7) is 1.33. The van der Waals surface area contributed by atoms with E-state index in [9.17, 15) is 4.79 Å². The molecule has 0 heterocycles. The van der Waals surface area contributed by atoms with Crippen molar-refractivity contribution in [3.63, 3.8) is 0 Å². The first-order chi connectivity index (χ1) is 13.0. The molecule has 142 valence electrons. The van der Waals surface area contributed by atoms with E-state index >= 15 is 0 Å². The molecule has 0 bridgehead atoms. The monoisotopic (exact) mass is 429 g/mol. The fourth-order valence-electron chi connectivity index (χ4n) is 2.36. The number of halogens is 1. The highest BCUT2D eigenvalue weighted by Gasteiger charge is 2.09. The first-order valence-electron chi connectivity index (χ1n) is 8.69. The highest BCUT2D eigenvalue weighted by Crippen LogP contribution is 2.23. The van der Waals surface area contributed by atoms with Crippen LogP contribution in [0.5, 0.6) is 5.75 Å². The van der Waals surface area contributed by atoms with Crippen LogP contribution in [0.15, 0.2) is 46.9 Å². The van der Waals surface area contributed by atoms with E-state index in [2.05, 4.69) is 32.7 Å². The summed E-state index contributed by atoms with van der Waals surface area (Å²) in [5.74, 6) is 6.80. The molecule has 2 aromatic rings. The predicted octanol–water partition coefficient (Wildman–Crippen LogP) is 4.05. The lowest BCUT2D eigenvalue weighted by Crippen LogP contribution is -2.11. The van der Waals surface area contributed by atoms with Crippen LogP contribution in [-0.4, -0.2) is 38.6 Å². The second-order valence-corrected chi connectivity index (χ2v) is 7.17. The van der Waals surface area contributed by atoms with Crippen LogP contribution in [0, 0.1) is 11.8 Å². The second-order valence-electron chi connectivity index (χ2n) is 6.32. The van der Waals surface area contributed by atoms with Gasteiger partial charge in [0, 0.05) is 23.0 Å². The van der Waals surface area contributed by atoms with Gasteiger partial charge >= 0.3 is 5.97 Å². The number of carbonyl (C=O) groups is 1. The van der Waals surface area contributed by atoms with Crippen LogP contribution < -0.4 is 4.74 Å². The normalized spacial score (nSPS) is 10.3.